The van der Waals surface area contributed by atoms with Crippen molar-refractivity contribution in [2.45, 2.75) is 26.7 Å². The van der Waals surface area contributed by atoms with Gasteiger partial charge in [0.05, 0.1) is 56.1 Å². The number of nitrogens with one attached hydrogen (secondary N) is 1. The molecule has 3 aromatic rings. The van der Waals surface area contributed by atoms with Crippen LogP contribution in [-0.4, -0.2) is 54.7 Å². The van der Waals surface area contributed by atoms with Crippen molar-refractivity contribution in [2.24, 2.45) is 0 Å². The predicted octanol–water partition coefficient (Wildman–Crippen LogP) is 3.88. The van der Waals surface area contributed by atoms with E-state index >= 15 is 0 Å². The maximum Gasteiger partial charge on any atom is 0.336 e. The largest absolute Gasteiger partial charge is 0.496 e. The molecule has 0 bridgehead atoms. The summed E-state index contributed by atoms with van der Waals surface area (Å²) in [5, 5.41) is 15.4. The Balaban J connectivity index is 2.22. The van der Waals surface area contributed by atoms with Crippen molar-refractivity contribution in [3.8, 4) is 22.8 Å². The van der Waals surface area contributed by atoms with E-state index in [0.717, 1.165) is 4.88 Å². The number of aromatic nitrogens is 2. The molecule has 3 heterocycles. The number of carbonyl (C=O) groups excluding carboxylic acids is 2. The molecular formula is C25H26N4O8S. The molecule has 0 aliphatic carbocycles. The third kappa shape index (κ3) is 4.14. The van der Waals surface area contributed by atoms with E-state index in [9.17, 15) is 19.7 Å². The molecule has 2 aromatic heterocycles. The Kier molecular flexibility index (Phi) is 7.14. The Hall–Kier alpha value is -4.39. The van der Waals surface area contributed by atoms with Crippen LogP contribution < -0.4 is 14.8 Å². The number of dihydropyridines is 1. The first-order valence-electron chi connectivity index (χ1n) is 11.3. The first-order chi connectivity index (χ1) is 18.1. The Bertz CT molecular complexity index is 1510. The molecule has 0 saturated carbocycles. The third-order valence-corrected chi connectivity index (χ3v) is 7.18. The number of ether oxygens (including phenoxy) is 4. The number of benzene rings is 1. The number of esters is 2. The zero-order valence-electron chi connectivity index (χ0n) is 21.8. The van der Waals surface area contributed by atoms with Crippen molar-refractivity contribution < 1.29 is 33.5 Å². The van der Waals surface area contributed by atoms with Gasteiger partial charge in [-0.2, -0.15) is 0 Å². The van der Waals surface area contributed by atoms with Crippen LogP contribution in [0, 0.1) is 17.0 Å². The number of rotatable bonds is 7. The zero-order valence-corrected chi connectivity index (χ0v) is 22.6. The number of methoxy groups -OCH3 is 4. The van der Waals surface area contributed by atoms with Crippen LogP contribution in [0.15, 0.2) is 40.9 Å². The number of carbonyl (C=O) groups is 2. The minimum Gasteiger partial charge on any atom is -0.496 e. The highest BCUT2D eigenvalue weighted by Crippen LogP contribution is 2.50. The Morgan fingerprint density at radius 2 is 1.55 bits per heavy atom. The van der Waals surface area contributed by atoms with E-state index in [4.69, 9.17) is 23.9 Å². The fourth-order valence-corrected chi connectivity index (χ4v) is 5.59. The Morgan fingerprint density at radius 3 is 2.05 bits per heavy atom. The molecule has 0 fully saturated rings. The summed E-state index contributed by atoms with van der Waals surface area (Å²) in [5.41, 5.74) is 1.32. The molecule has 0 spiro atoms. The van der Waals surface area contributed by atoms with E-state index in [-0.39, 0.29) is 39.6 Å². The standard InChI is InChI=1S/C25H26N4O8S/c1-11-10-28-22(19-16(23(30)36-6)12(2)26-13(3)17(19)24(31)37-7)20(27-25(28)38-11)18-14(34-4)8-9-15(35-5)21(18)29(32)33/h8-10,19,26H,1-7H3. The molecule has 4 rings (SSSR count). The number of thiazole rings is 1. The molecule has 0 unspecified atom stereocenters. The van der Waals surface area contributed by atoms with Gasteiger partial charge in [-0.25, -0.2) is 14.6 Å². The lowest BCUT2D eigenvalue weighted by molar-refractivity contribution is -0.385. The van der Waals surface area contributed by atoms with Gasteiger partial charge >= 0.3 is 17.6 Å². The Labute approximate surface area is 221 Å². The summed E-state index contributed by atoms with van der Waals surface area (Å²) in [6, 6.07) is 2.97. The van der Waals surface area contributed by atoms with Crippen LogP contribution in [0.3, 0.4) is 0 Å². The van der Waals surface area contributed by atoms with Crippen LogP contribution in [0.5, 0.6) is 11.5 Å². The normalized spacial score (nSPS) is 14.0. The molecule has 200 valence electrons. The van der Waals surface area contributed by atoms with E-state index in [1.807, 2.05) is 6.92 Å². The summed E-state index contributed by atoms with van der Waals surface area (Å²) in [7, 11) is 5.18. The number of imidazole rings is 1. The number of nitrogens with zero attached hydrogens (tertiary/aromatic N) is 3. The van der Waals surface area contributed by atoms with E-state index in [0.29, 0.717) is 22.0 Å². The minimum absolute atomic E-state index is 0.00516. The van der Waals surface area contributed by atoms with E-state index in [1.54, 1.807) is 24.4 Å². The SMILES string of the molecule is COC(=O)C1=C(C)NC(C)=C(C(=O)OC)C1c1c(-c2c(OC)ccc(OC)c2[N+](=O)[O-])nc2sc(C)cn12. The highest BCUT2D eigenvalue weighted by Gasteiger charge is 2.43. The molecule has 1 N–H and O–H groups in total. The van der Waals surface area contributed by atoms with Crippen molar-refractivity contribution in [1.82, 2.24) is 14.7 Å². The van der Waals surface area contributed by atoms with Crippen LogP contribution in [0.1, 0.15) is 30.3 Å². The lowest BCUT2D eigenvalue weighted by Gasteiger charge is -2.30. The summed E-state index contributed by atoms with van der Waals surface area (Å²) >= 11 is 1.35. The summed E-state index contributed by atoms with van der Waals surface area (Å²) in [6.07, 6.45) is 1.79. The second kappa shape index (κ2) is 10.2. The fourth-order valence-electron chi connectivity index (χ4n) is 4.76. The van der Waals surface area contributed by atoms with Crippen LogP contribution in [0.25, 0.3) is 16.2 Å². The van der Waals surface area contributed by atoms with Gasteiger partial charge in [0.2, 0.25) is 0 Å². The highest BCUT2D eigenvalue weighted by atomic mass is 32.1. The maximum atomic E-state index is 13.2. The molecule has 38 heavy (non-hydrogen) atoms. The summed E-state index contributed by atoms with van der Waals surface area (Å²) < 4.78 is 22.8. The number of nitro groups is 1. The lowest BCUT2D eigenvalue weighted by atomic mass is 9.81. The number of hydrogen-bond donors (Lipinski definition) is 1. The van der Waals surface area contributed by atoms with Gasteiger partial charge in [0.25, 0.3) is 0 Å². The van der Waals surface area contributed by atoms with E-state index in [2.05, 4.69) is 5.32 Å². The topological polar surface area (TPSA) is 144 Å². The van der Waals surface area contributed by atoms with Crippen molar-refractivity contribution in [3.05, 3.63) is 61.6 Å². The molecule has 13 heteroatoms. The zero-order chi connectivity index (χ0) is 27.9. The van der Waals surface area contributed by atoms with Crippen molar-refractivity contribution in [1.29, 1.82) is 0 Å². The van der Waals surface area contributed by atoms with Crippen molar-refractivity contribution in [2.75, 3.05) is 28.4 Å². The number of hydrogen-bond acceptors (Lipinski definition) is 11. The van der Waals surface area contributed by atoms with Gasteiger partial charge in [-0.3, -0.25) is 14.5 Å². The monoisotopic (exact) mass is 542 g/mol. The molecule has 0 saturated heterocycles. The first-order valence-corrected chi connectivity index (χ1v) is 12.1. The lowest BCUT2D eigenvalue weighted by Crippen LogP contribution is -2.32. The quantitative estimate of drug-likeness (QED) is 0.265. The molecule has 12 nitrogen and oxygen atoms in total. The predicted molar refractivity (Wildman–Crippen MR) is 138 cm³/mol. The molecule has 1 aliphatic heterocycles. The van der Waals surface area contributed by atoms with Crippen LogP contribution in [-0.2, 0) is 19.1 Å². The van der Waals surface area contributed by atoms with Gasteiger partial charge in [-0.15, -0.1) is 11.3 Å². The molecule has 1 aliphatic rings. The van der Waals surface area contributed by atoms with Gasteiger partial charge in [-0.1, -0.05) is 0 Å². The number of allylic oxidation sites excluding steroid dienone is 2. The first kappa shape index (κ1) is 26.7. The molecular weight excluding hydrogens is 516 g/mol. The summed E-state index contributed by atoms with van der Waals surface area (Å²) in [6.45, 7) is 5.24. The number of aryl methyl sites for hydroxylation is 1. The average Bonchev–Trinajstić information content (AvgIpc) is 3.41. The van der Waals surface area contributed by atoms with Gasteiger partial charge in [-0.05, 0) is 32.9 Å². The summed E-state index contributed by atoms with van der Waals surface area (Å²) in [5.74, 6) is -2.27. The van der Waals surface area contributed by atoms with Crippen molar-refractivity contribution >= 4 is 33.9 Å². The van der Waals surface area contributed by atoms with Crippen LogP contribution >= 0.6 is 11.3 Å². The number of fused-ring (bicyclic) bond motifs is 1. The summed E-state index contributed by atoms with van der Waals surface area (Å²) in [4.78, 5) is 44.2. The van der Waals surface area contributed by atoms with Gasteiger partial charge in [0.15, 0.2) is 10.7 Å². The fraction of sp³-hybridized carbons (Fsp3) is 0.320. The van der Waals surface area contributed by atoms with Crippen LogP contribution in [0.4, 0.5) is 5.69 Å². The molecule has 1 aromatic carbocycles. The third-order valence-electron chi connectivity index (χ3n) is 6.29. The van der Waals surface area contributed by atoms with Crippen molar-refractivity contribution in [3.63, 3.8) is 0 Å². The highest BCUT2D eigenvalue weighted by molar-refractivity contribution is 7.17. The Morgan fingerprint density at radius 1 is 1.00 bits per heavy atom. The average molecular weight is 543 g/mol. The second-order valence-electron chi connectivity index (χ2n) is 8.41. The van der Waals surface area contributed by atoms with Gasteiger partial charge in [0, 0.05) is 22.5 Å². The smallest absolute Gasteiger partial charge is 0.336 e. The number of nitro benzene ring substituents is 1. The van der Waals surface area contributed by atoms with E-state index < -0.39 is 22.8 Å². The second-order valence-corrected chi connectivity index (χ2v) is 9.62. The van der Waals surface area contributed by atoms with Gasteiger partial charge < -0.3 is 24.3 Å². The molecule has 0 radical (unpaired) electrons. The van der Waals surface area contributed by atoms with Gasteiger partial charge in [0.1, 0.15) is 17.0 Å². The minimum atomic E-state index is -1.05. The van der Waals surface area contributed by atoms with E-state index in [1.165, 1.54) is 51.9 Å². The molecule has 0 atom stereocenters. The maximum absolute atomic E-state index is 13.2. The van der Waals surface area contributed by atoms with Crippen LogP contribution in [0.2, 0.25) is 0 Å². The molecule has 0 amide bonds.